The molecule has 1 heterocycles. The Hall–Kier alpha value is -1.09. The second-order valence-corrected chi connectivity index (χ2v) is 4.59. The fourth-order valence-corrected chi connectivity index (χ4v) is 1.93. The lowest BCUT2D eigenvalue weighted by Gasteiger charge is -2.14. The summed E-state index contributed by atoms with van der Waals surface area (Å²) in [6.45, 7) is 4.20. The molecular formula is C12H17NO2. The van der Waals surface area contributed by atoms with Gasteiger partial charge in [0.1, 0.15) is 5.76 Å². The lowest BCUT2D eigenvalue weighted by Crippen LogP contribution is -2.20. The van der Waals surface area contributed by atoms with Crippen LogP contribution in [-0.4, -0.2) is 24.8 Å². The van der Waals surface area contributed by atoms with Crippen molar-refractivity contribution in [1.82, 2.24) is 4.90 Å². The minimum absolute atomic E-state index is 0.415. The molecule has 0 bridgehead atoms. The van der Waals surface area contributed by atoms with Gasteiger partial charge in [-0.2, -0.15) is 0 Å². The first kappa shape index (κ1) is 10.4. The van der Waals surface area contributed by atoms with E-state index < -0.39 is 0 Å². The number of hydrogen-bond donors (Lipinski definition) is 0. The highest BCUT2D eigenvalue weighted by Crippen LogP contribution is 2.38. The lowest BCUT2D eigenvalue weighted by atomic mass is 10.3. The topological polar surface area (TPSA) is 33.5 Å². The zero-order chi connectivity index (χ0) is 10.8. The maximum Gasteiger partial charge on any atom is 0.185 e. The average Bonchev–Trinajstić information content (AvgIpc) is 2.72. The fraction of sp³-hybridized carbons (Fsp3) is 0.583. The van der Waals surface area contributed by atoms with Crippen molar-refractivity contribution in [3.05, 3.63) is 23.7 Å². The summed E-state index contributed by atoms with van der Waals surface area (Å²) in [7, 11) is 2.09. The van der Waals surface area contributed by atoms with E-state index in [9.17, 15) is 4.79 Å². The summed E-state index contributed by atoms with van der Waals surface area (Å²) in [4.78, 5) is 12.7. The summed E-state index contributed by atoms with van der Waals surface area (Å²) in [5, 5.41) is 0. The number of furan rings is 1. The van der Waals surface area contributed by atoms with Crippen LogP contribution in [0.2, 0.25) is 0 Å². The fourth-order valence-electron chi connectivity index (χ4n) is 1.93. The number of hydrogen-bond acceptors (Lipinski definition) is 3. The predicted octanol–water partition coefficient (Wildman–Crippen LogP) is 2.18. The van der Waals surface area contributed by atoms with Crippen LogP contribution in [0.1, 0.15) is 29.7 Å². The van der Waals surface area contributed by atoms with Crippen molar-refractivity contribution in [2.75, 3.05) is 13.6 Å². The highest BCUT2D eigenvalue weighted by molar-refractivity contribution is 5.70. The molecule has 0 aliphatic heterocycles. The molecule has 2 atom stereocenters. The van der Waals surface area contributed by atoms with Crippen molar-refractivity contribution in [1.29, 1.82) is 0 Å². The summed E-state index contributed by atoms with van der Waals surface area (Å²) < 4.78 is 5.32. The van der Waals surface area contributed by atoms with E-state index in [1.807, 2.05) is 6.07 Å². The maximum absolute atomic E-state index is 10.4. The molecule has 82 valence electrons. The van der Waals surface area contributed by atoms with Crippen LogP contribution in [0.25, 0.3) is 0 Å². The first-order chi connectivity index (χ1) is 7.19. The van der Waals surface area contributed by atoms with E-state index >= 15 is 0 Å². The van der Waals surface area contributed by atoms with Gasteiger partial charge in [0.05, 0.1) is 6.54 Å². The predicted molar refractivity (Wildman–Crippen MR) is 57.7 cm³/mol. The van der Waals surface area contributed by atoms with Gasteiger partial charge in [0, 0.05) is 6.54 Å². The normalized spacial score (nSPS) is 24.5. The molecular weight excluding hydrogens is 190 g/mol. The molecule has 0 aromatic carbocycles. The van der Waals surface area contributed by atoms with Gasteiger partial charge in [0.15, 0.2) is 12.0 Å². The van der Waals surface area contributed by atoms with Gasteiger partial charge in [-0.3, -0.25) is 9.69 Å². The largest absolute Gasteiger partial charge is 0.457 e. The third-order valence-electron chi connectivity index (χ3n) is 3.05. The molecule has 1 aliphatic rings. The number of aldehydes is 1. The molecule has 1 aromatic heterocycles. The lowest BCUT2D eigenvalue weighted by molar-refractivity contribution is 0.109. The van der Waals surface area contributed by atoms with E-state index in [0.29, 0.717) is 5.76 Å². The van der Waals surface area contributed by atoms with E-state index in [1.54, 1.807) is 6.07 Å². The minimum Gasteiger partial charge on any atom is -0.457 e. The Kier molecular flexibility index (Phi) is 2.91. The Balaban J connectivity index is 1.82. The number of carbonyl (C=O) groups excluding carboxylic acids is 1. The number of rotatable bonds is 5. The molecule has 0 spiro atoms. The molecule has 0 N–H and O–H groups in total. The first-order valence-electron chi connectivity index (χ1n) is 5.41. The molecule has 3 nitrogen and oxygen atoms in total. The summed E-state index contributed by atoms with van der Waals surface area (Å²) in [6.07, 6.45) is 2.09. The van der Waals surface area contributed by atoms with Crippen LogP contribution < -0.4 is 0 Å². The van der Waals surface area contributed by atoms with Gasteiger partial charge in [0.2, 0.25) is 0 Å². The van der Waals surface area contributed by atoms with Crippen LogP contribution in [-0.2, 0) is 6.54 Å². The third kappa shape index (κ3) is 2.69. The van der Waals surface area contributed by atoms with Crippen LogP contribution in [0.5, 0.6) is 0 Å². The van der Waals surface area contributed by atoms with Crippen LogP contribution in [0.15, 0.2) is 16.5 Å². The smallest absolute Gasteiger partial charge is 0.185 e. The van der Waals surface area contributed by atoms with E-state index in [2.05, 4.69) is 18.9 Å². The van der Waals surface area contributed by atoms with Gasteiger partial charge in [-0.25, -0.2) is 0 Å². The molecule has 0 saturated heterocycles. The minimum atomic E-state index is 0.415. The Morgan fingerprint density at radius 3 is 2.87 bits per heavy atom. The van der Waals surface area contributed by atoms with Gasteiger partial charge < -0.3 is 4.42 Å². The van der Waals surface area contributed by atoms with Gasteiger partial charge in [0.25, 0.3) is 0 Å². The third-order valence-corrected chi connectivity index (χ3v) is 3.05. The zero-order valence-corrected chi connectivity index (χ0v) is 9.27. The molecule has 15 heavy (non-hydrogen) atoms. The quantitative estimate of drug-likeness (QED) is 0.694. The zero-order valence-electron chi connectivity index (χ0n) is 9.27. The Morgan fingerprint density at radius 1 is 1.60 bits per heavy atom. The average molecular weight is 207 g/mol. The number of carbonyl (C=O) groups is 1. The molecule has 1 saturated carbocycles. The van der Waals surface area contributed by atoms with E-state index in [4.69, 9.17) is 4.42 Å². The molecule has 0 amide bonds. The van der Waals surface area contributed by atoms with Crippen molar-refractivity contribution >= 4 is 6.29 Å². The molecule has 2 unspecified atom stereocenters. The maximum atomic E-state index is 10.4. The molecule has 2 rings (SSSR count). The second-order valence-electron chi connectivity index (χ2n) is 4.59. The number of nitrogens with zero attached hydrogens (tertiary/aromatic N) is 1. The van der Waals surface area contributed by atoms with Crippen molar-refractivity contribution in [2.45, 2.75) is 19.9 Å². The van der Waals surface area contributed by atoms with Crippen molar-refractivity contribution in [3.8, 4) is 0 Å². The van der Waals surface area contributed by atoms with Gasteiger partial charge >= 0.3 is 0 Å². The van der Waals surface area contributed by atoms with Crippen LogP contribution in [0.4, 0.5) is 0 Å². The SMILES string of the molecule is CC1CC1CN(C)Cc1ccc(C=O)o1. The van der Waals surface area contributed by atoms with Gasteiger partial charge in [-0.15, -0.1) is 0 Å². The van der Waals surface area contributed by atoms with Crippen LogP contribution >= 0.6 is 0 Å². The molecule has 1 aliphatic carbocycles. The molecule has 1 aromatic rings. The van der Waals surface area contributed by atoms with Crippen molar-refractivity contribution in [2.24, 2.45) is 11.8 Å². The Labute approximate surface area is 90.1 Å². The molecule has 3 heteroatoms. The standard InChI is InChI=1S/C12H17NO2/c1-9-5-10(9)6-13(2)7-11-3-4-12(8-14)15-11/h3-4,8-10H,5-7H2,1-2H3. The van der Waals surface area contributed by atoms with E-state index in [0.717, 1.165) is 37.0 Å². The summed E-state index contributed by atoms with van der Waals surface area (Å²) in [5.41, 5.74) is 0. The van der Waals surface area contributed by atoms with E-state index in [-0.39, 0.29) is 0 Å². The summed E-state index contributed by atoms with van der Waals surface area (Å²) in [5.74, 6) is 3.02. The van der Waals surface area contributed by atoms with Crippen LogP contribution in [0.3, 0.4) is 0 Å². The second kappa shape index (κ2) is 4.19. The van der Waals surface area contributed by atoms with Gasteiger partial charge in [-0.1, -0.05) is 6.92 Å². The molecule has 0 radical (unpaired) electrons. The molecule has 1 fully saturated rings. The monoisotopic (exact) mass is 207 g/mol. The highest BCUT2D eigenvalue weighted by Gasteiger charge is 2.33. The van der Waals surface area contributed by atoms with Crippen LogP contribution in [0, 0.1) is 11.8 Å². The first-order valence-corrected chi connectivity index (χ1v) is 5.41. The summed E-state index contributed by atoms with van der Waals surface area (Å²) >= 11 is 0. The van der Waals surface area contributed by atoms with E-state index in [1.165, 1.54) is 6.42 Å². The summed E-state index contributed by atoms with van der Waals surface area (Å²) in [6, 6.07) is 3.59. The Bertz CT molecular complexity index is 345. The Morgan fingerprint density at radius 2 is 2.33 bits per heavy atom. The van der Waals surface area contributed by atoms with Gasteiger partial charge in [-0.05, 0) is 37.4 Å². The van der Waals surface area contributed by atoms with Crippen molar-refractivity contribution < 1.29 is 9.21 Å². The highest BCUT2D eigenvalue weighted by atomic mass is 16.3. The van der Waals surface area contributed by atoms with Crippen molar-refractivity contribution in [3.63, 3.8) is 0 Å².